The summed E-state index contributed by atoms with van der Waals surface area (Å²) < 4.78 is 51.3. The van der Waals surface area contributed by atoms with Gasteiger partial charge in [-0.05, 0) is 18.2 Å². The maximum Gasteiger partial charge on any atom is 0.418 e. The molecule has 0 fully saturated rings. The SMILES string of the molecule is O=[N+]([O-])c1ccc(F)cc1CNc1ccccc1[C@@H](O)C(F)(F)F. The van der Waals surface area contributed by atoms with Gasteiger partial charge < -0.3 is 10.4 Å². The highest BCUT2D eigenvalue weighted by Gasteiger charge is 2.40. The van der Waals surface area contributed by atoms with Crippen LogP contribution in [0.5, 0.6) is 0 Å². The van der Waals surface area contributed by atoms with Gasteiger partial charge in [0, 0.05) is 23.9 Å². The van der Waals surface area contributed by atoms with Crippen molar-refractivity contribution in [3.63, 3.8) is 0 Å². The van der Waals surface area contributed by atoms with Crippen molar-refractivity contribution < 1.29 is 27.6 Å². The van der Waals surface area contributed by atoms with Gasteiger partial charge in [0.2, 0.25) is 0 Å². The number of anilines is 1. The monoisotopic (exact) mass is 344 g/mol. The molecule has 2 aromatic carbocycles. The average molecular weight is 344 g/mol. The smallest absolute Gasteiger partial charge is 0.380 e. The summed E-state index contributed by atoms with van der Waals surface area (Å²) in [4.78, 5) is 10.2. The predicted octanol–water partition coefficient (Wildman–Crippen LogP) is 3.94. The zero-order chi connectivity index (χ0) is 17.9. The number of aliphatic hydroxyl groups excluding tert-OH is 1. The van der Waals surface area contributed by atoms with E-state index in [1.165, 1.54) is 18.2 Å². The minimum Gasteiger partial charge on any atom is -0.380 e. The van der Waals surface area contributed by atoms with Gasteiger partial charge in [-0.15, -0.1) is 0 Å². The van der Waals surface area contributed by atoms with E-state index >= 15 is 0 Å². The normalized spacial score (nSPS) is 12.7. The van der Waals surface area contributed by atoms with Crippen molar-refractivity contribution in [1.82, 2.24) is 0 Å². The number of nitrogens with one attached hydrogen (secondary N) is 1. The summed E-state index contributed by atoms with van der Waals surface area (Å²) in [6.07, 6.45) is -7.56. The quantitative estimate of drug-likeness (QED) is 0.489. The van der Waals surface area contributed by atoms with Crippen molar-refractivity contribution in [2.45, 2.75) is 18.8 Å². The van der Waals surface area contributed by atoms with E-state index in [-0.39, 0.29) is 23.5 Å². The first-order valence-electron chi connectivity index (χ1n) is 6.70. The third kappa shape index (κ3) is 3.99. The summed E-state index contributed by atoms with van der Waals surface area (Å²) in [5.74, 6) is -0.707. The van der Waals surface area contributed by atoms with Crippen molar-refractivity contribution in [2.75, 3.05) is 5.32 Å². The van der Waals surface area contributed by atoms with Crippen LogP contribution < -0.4 is 5.32 Å². The van der Waals surface area contributed by atoms with Gasteiger partial charge in [0.15, 0.2) is 6.10 Å². The summed E-state index contributed by atoms with van der Waals surface area (Å²) in [7, 11) is 0. The molecule has 2 aromatic rings. The molecular weight excluding hydrogens is 332 g/mol. The second-order valence-electron chi connectivity index (χ2n) is 4.92. The Morgan fingerprint density at radius 3 is 2.50 bits per heavy atom. The van der Waals surface area contributed by atoms with E-state index in [0.717, 1.165) is 24.3 Å². The Morgan fingerprint density at radius 1 is 1.21 bits per heavy atom. The number of benzene rings is 2. The van der Waals surface area contributed by atoms with Gasteiger partial charge in [0.05, 0.1) is 10.5 Å². The second kappa shape index (κ2) is 6.83. The van der Waals surface area contributed by atoms with Crippen LogP contribution in [0.1, 0.15) is 17.2 Å². The number of aliphatic hydroxyl groups is 1. The summed E-state index contributed by atoms with van der Waals surface area (Å²) in [5.41, 5.74) is -0.876. The third-order valence-corrected chi connectivity index (χ3v) is 3.27. The molecule has 0 unspecified atom stereocenters. The second-order valence-corrected chi connectivity index (χ2v) is 4.92. The Labute approximate surface area is 133 Å². The topological polar surface area (TPSA) is 75.4 Å². The highest BCUT2D eigenvalue weighted by atomic mass is 19.4. The number of rotatable bonds is 5. The molecule has 0 saturated heterocycles. The van der Waals surface area contributed by atoms with Gasteiger partial charge in [-0.2, -0.15) is 13.2 Å². The lowest BCUT2D eigenvalue weighted by molar-refractivity contribution is -0.385. The molecule has 0 radical (unpaired) electrons. The van der Waals surface area contributed by atoms with Gasteiger partial charge >= 0.3 is 6.18 Å². The number of nitro benzene ring substituents is 1. The standard InChI is InChI=1S/C15H12F4N2O3/c16-10-5-6-13(21(23)24)9(7-10)8-20-12-4-2-1-3-11(12)14(22)15(17,18)19/h1-7,14,20,22H,8H2/t14-/m1/s1. The van der Waals surface area contributed by atoms with E-state index in [9.17, 15) is 32.8 Å². The zero-order valence-corrected chi connectivity index (χ0v) is 12.0. The van der Waals surface area contributed by atoms with Crippen molar-refractivity contribution in [3.05, 3.63) is 69.5 Å². The highest BCUT2D eigenvalue weighted by Crippen LogP contribution is 2.36. The summed E-state index contributed by atoms with van der Waals surface area (Å²) in [6.45, 7) is -0.282. The molecule has 0 amide bonds. The molecule has 0 aliphatic rings. The first-order chi connectivity index (χ1) is 11.2. The molecule has 128 valence electrons. The minimum atomic E-state index is -4.86. The van der Waals surface area contributed by atoms with Gasteiger partial charge in [0.25, 0.3) is 5.69 Å². The third-order valence-electron chi connectivity index (χ3n) is 3.27. The van der Waals surface area contributed by atoms with E-state index in [0.29, 0.717) is 0 Å². The molecule has 24 heavy (non-hydrogen) atoms. The van der Waals surface area contributed by atoms with Crippen LogP contribution in [0.2, 0.25) is 0 Å². The number of nitrogens with zero attached hydrogens (tertiary/aromatic N) is 1. The van der Waals surface area contributed by atoms with Crippen LogP contribution in [0.3, 0.4) is 0 Å². The molecule has 5 nitrogen and oxygen atoms in total. The fourth-order valence-corrected chi connectivity index (χ4v) is 2.14. The van der Waals surface area contributed by atoms with Crippen LogP contribution >= 0.6 is 0 Å². The van der Waals surface area contributed by atoms with Gasteiger partial charge in [0.1, 0.15) is 5.82 Å². The van der Waals surface area contributed by atoms with Crippen molar-refractivity contribution in [2.24, 2.45) is 0 Å². The maximum atomic E-state index is 13.3. The lowest BCUT2D eigenvalue weighted by Gasteiger charge is -2.19. The number of hydrogen-bond acceptors (Lipinski definition) is 4. The molecule has 0 aliphatic carbocycles. The fraction of sp³-hybridized carbons (Fsp3) is 0.200. The van der Waals surface area contributed by atoms with Gasteiger partial charge in [-0.3, -0.25) is 10.1 Å². The van der Waals surface area contributed by atoms with Crippen LogP contribution in [0.15, 0.2) is 42.5 Å². The first-order valence-corrected chi connectivity index (χ1v) is 6.70. The van der Waals surface area contributed by atoms with Crippen LogP contribution in [0.25, 0.3) is 0 Å². The first kappa shape index (κ1) is 17.7. The highest BCUT2D eigenvalue weighted by molar-refractivity contribution is 5.54. The number of para-hydroxylation sites is 1. The van der Waals surface area contributed by atoms with Crippen LogP contribution in [0.4, 0.5) is 28.9 Å². The largest absolute Gasteiger partial charge is 0.418 e. The molecule has 9 heteroatoms. The number of alkyl halides is 3. The molecule has 0 saturated carbocycles. The predicted molar refractivity (Wildman–Crippen MR) is 77.8 cm³/mol. The van der Waals surface area contributed by atoms with Crippen LogP contribution in [0, 0.1) is 15.9 Å². The van der Waals surface area contributed by atoms with Crippen molar-refractivity contribution in [1.29, 1.82) is 0 Å². The molecule has 0 aliphatic heterocycles. The Bertz CT molecular complexity index is 750. The molecule has 0 heterocycles. The van der Waals surface area contributed by atoms with Crippen LogP contribution in [-0.4, -0.2) is 16.2 Å². The Morgan fingerprint density at radius 2 is 1.88 bits per heavy atom. The number of hydrogen-bond donors (Lipinski definition) is 2. The molecule has 0 aromatic heterocycles. The molecular formula is C15H12F4N2O3. The molecule has 2 rings (SSSR count). The van der Waals surface area contributed by atoms with Gasteiger partial charge in [-0.1, -0.05) is 18.2 Å². The van der Waals surface area contributed by atoms with Gasteiger partial charge in [-0.25, -0.2) is 4.39 Å². The van der Waals surface area contributed by atoms with Crippen LogP contribution in [-0.2, 0) is 6.54 Å². The molecule has 0 spiro atoms. The van der Waals surface area contributed by atoms with E-state index in [2.05, 4.69) is 5.32 Å². The van der Waals surface area contributed by atoms with Crippen molar-refractivity contribution >= 4 is 11.4 Å². The van der Waals surface area contributed by atoms with E-state index in [1.54, 1.807) is 0 Å². The van der Waals surface area contributed by atoms with Crippen molar-refractivity contribution in [3.8, 4) is 0 Å². The summed E-state index contributed by atoms with van der Waals surface area (Å²) in [5, 5.41) is 22.9. The molecule has 1 atom stereocenters. The molecule has 0 bridgehead atoms. The lowest BCUT2D eigenvalue weighted by Crippen LogP contribution is -2.21. The Hall–Kier alpha value is -2.68. The average Bonchev–Trinajstić information content (AvgIpc) is 2.51. The lowest BCUT2D eigenvalue weighted by atomic mass is 10.1. The maximum absolute atomic E-state index is 13.3. The molecule has 2 N–H and O–H groups in total. The number of halogens is 4. The fourth-order valence-electron chi connectivity index (χ4n) is 2.14. The Balaban J connectivity index is 2.28. The minimum absolute atomic E-state index is 0.0312. The zero-order valence-electron chi connectivity index (χ0n) is 12.0. The van der Waals surface area contributed by atoms with E-state index in [1.807, 2.05) is 0 Å². The Kier molecular flexibility index (Phi) is 5.03. The number of nitro groups is 1. The summed E-state index contributed by atoms with van der Waals surface area (Å²) >= 11 is 0. The van der Waals surface area contributed by atoms with E-state index in [4.69, 9.17) is 0 Å². The summed E-state index contributed by atoms with van der Waals surface area (Å²) in [6, 6.07) is 7.95. The van der Waals surface area contributed by atoms with E-state index < -0.39 is 28.6 Å².